The molecule has 3 aromatic heterocycles. The summed E-state index contributed by atoms with van der Waals surface area (Å²) in [6, 6.07) is 6.92. The molecule has 0 saturated carbocycles. The SMILES string of the molecule is COc1cc2c(CN3C(=O)c4ccc(-n5cnc(C)c5)c(=O)n4C[C@H]3C)c[nH]c2cc1Cl. The van der Waals surface area contributed by atoms with Crippen molar-refractivity contribution in [3.8, 4) is 11.4 Å². The number of nitrogens with one attached hydrogen (secondary N) is 1. The Labute approximate surface area is 189 Å². The molecule has 32 heavy (non-hydrogen) atoms. The number of methoxy groups -OCH3 is 1. The molecule has 1 N–H and O–H groups in total. The van der Waals surface area contributed by atoms with Crippen molar-refractivity contribution in [3.05, 3.63) is 75.3 Å². The minimum atomic E-state index is -0.203. The van der Waals surface area contributed by atoms with Crippen molar-refractivity contribution in [3.63, 3.8) is 0 Å². The zero-order chi connectivity index (χ0) is 22.6. The van der Waals surface area contributed by atoms with Crippen LogP contribution in [-0.2, 0) is 13.1 Å². The van der Waals surface area contributed by atoms with Gasteiger partial charge in [-0.25, -0.2) is 4.98 Å². The number of aryl methyl sites for hydroxylation is 1. The van der Waals surface area contributed by atoms with Crippen molar-refractivity contribution in [2.45, 2.75) is 33.0 Å². The molecule has 0 fully saturated rings. The maximum absolute atomic E-state index is 13.4. The van der Waals surface area contributed by atoms with Gasteiger partial charge in [-0.05, 0) is 43.7 Å². The molecular weight excluding hydrogens is 430 g/mol. The van der Waals surface area contributed by atoms with Crippen LogP contribution in [0.15, 0.2) is 47.8 Å². The van der Waals surface area contributed by atoms with E-state index in [1.54, 1.807) is 45.8 Å². The van der Waals surface area contributed by atoms with Gasteiger partial charge < -0.3 is 23.8 Å². The number of amides is 1. The molecule has 4 aromatic rings. The molecule has 0 radical (unpaired) electrons. The first-order valence-electron chi connectivity index (χ1n) is 10.3. The van der Waals surface area contributed by atoms with Crippen molar-refractivity contribution in [2.24, 2.45) is 0 Å². The highest BCUT2D eigenvalue weighted by Gasteiger charge is 2.31. The standard InChI is InChI=1S/C23H22ClN5O3/c1-13-9-27(12-26-13)19-4-5-20-23(31)28(14(2)10-29(20)22(19)30)11-15-8-25-18-7-17(24)21(32-3)6-16(15)18/h4-9,12,14,25H,10-11H2,1-3H3/t14-/m1/s1. The molecule has 1 aromatic carbocycles. The van der Waals surface area contributed by atoms with E-state index in [4.69, 9.17) is 16.3 Å². The molecule has 1 aliphatic rings. The van der Waals surface area contributed by atoms with E-state index in [9.17, 15) is 9.59 Å². The number of halogens is 1. The van der Waals surface area contributed by atoms with Crippen LogP contribution in [0.2, 0.25) is 5.02 Å². The number of hydrogen-bond acceptors (Lipinski definition) is 4. The Bertz CT molecular complexity index is 1420. The molecule has 0 bridgehead atoms. The van der Waals surface area contributed by atoms with Crippen molar-refractivity contribution in [1.29, 1.82) is 0 Å². The van der Waals surface area contributed by atoms with Gasteiger partial charge in [0.25, 0.3) is 11.5 Å². The lowest BCUT2D eigenvalue weighted by Gasteiger charge is -2.35. The molecular formula is C23H22ClN5O3. The Hall–Kier alpha value is -3.52. The quantitative estimate of drug-likeness (QED) is 0.514. The summed E-state index contributed by atoms with van der Waals surface area (Å²) in [5, 5.41) is 1.47. The highest BCUT2D eigenvalue weighted by molar-refractivity contribution is 6.32. The Morgan fingerprint density at radius 3 is 2.81 bits per heavy atom. The number of rotatable bonds is 4. The normalized spacial score (nSPS) is 15.9. The number of hydrogen-bond donors (Lipinski definition) is 1. The first-order valence-corrected chi connectivity index (χ1v) is 10.6. The van der Waals surface area contributed by atoms with E-state index in [2.05, 4.69) is 9.97 Å². The van der Waals surface area contributed by atoms with Crippen molar-refractivity contribution < 1.29 is 9.53 Å². The summed E-state index contributed by atoms with van der Waals surface area (Å²) in [5.74, 6) is 0.404. The second-order valence-corrected chi connectivity index (χ2v) is 8.48. The molecule has 164 valence electrons. The van der Waals surface area contributed by atoms with Crippen molar-refractivity contribution in [1.82, 2.24) is 24.0 Å². The summed E-state index contributed by atoms with van der Waals surface area (Å²) in [4.78, 5) is 35.7. The number of aromatic amines is 1. The maximum atomic E-state index is 13.4. The Morgan fingerprint density at radius 2 is 2.09 bits per heavy atom. The highest BCUT2D eigenvalue weighted by atomic mass is 35.5. The molecule has 4 heterocycles. The average Bonchev–Trinajstić information content (AvgIpc) is 3.37. The summed E-state index contributed by atoms with van der Waals surface area (Å²) in [7, 11) is 1.57. The van der Waals surface area contributed by atoms with Gasteiger partial charge in [0.15, 0.2) is 0 Å². The van der Waals surface area contributed by atoms with Crippen LogP contribution in [0.25, 0.3) is 16.6 Å². The van der Waals surface area contributed by atoms with Crippen molar-refractivity contribution >= 4 is 28.4 Å². The van der Waals surface area contributed by atoms with Crippen LogP contribution >= 0.6 is 11.6 Å². The van der Waals surface area contributed by atoms with E-state index in [-0.39, 0.29) is 17.5 Å². The molecule has 8 nitrogen and oxygen atoms in total. The van der Waals surface area contributed by atoms with Crippen LogP contribution in [0, 0.1) is 6.92 Å². The van der Waals surface area contributed by atoms with Crippen molar-refractivity contribution in [2.75, 3.05) is 7.11 Å². The van der Waals surface area contributed by atoms with E-state index < -0.39 is 0 Å². The smallest absolute Gasteiger partial charge is 0.275 e. The van der Waals surface area contributed by atoms with Gasteiger partial charge in [0.2, 0.25) is 0 Å². The molecule has 0 unspecified atom stereocenters. The molecule has 1 aliphatic heterocycles. The summed E-state index contributed by atoms with van der Waals surface area (Å²) < 4.78 is 8.60. The van der Waals surface area contributed by atoms with Gasteiger partial charge >= 0.3 is 0 Å². The van der Waals surface area contributed by atoms with Gasteiger partial charge in [-0.1, -0.05) is 11.6 Å². The fourth-order valence-corrected chi connectivity index (χ4v) is 4.51. The Balaban J connectivity index is 1.50. The number of benzene rings is 1. The van der Waals surface area contributed by atoms with Crippen LogP contribution in [-0.4, -0.2) is 43.1 Å². The number of aromatic nitrogens is 4. The van der Waals surface area contributed by atoms with E-state index in [0.717, 1.165) is 22.2 Å². The number of H-pyrrole nitrogens is 1. The number of pyridine rings is 1. The van der Waals surface area contributed by atoms with Gasteiger partial charge in [-0.15, -0.1) is 0 Å². The minimum absolute atomic E-state index is 0.161. The molecule has 0 spiro atoms. The van der Waals surface area contributed by atoms with Gasteiger partial charge in [0.1, 0.15) is 17.1 Å². The predicted octanol–water partition coefficient (Wildman–Crippen LogP) is 3.53. The Morgan fingerprint density at radius 1 is 1.28 bits per heavy atom. The fourth-order valence-electron chi connectivity index (χ4n) is 4.27. The van der Waals surface area contributed by atoms with Gasteiger partial charge in [0, 0.05) is 42.4 Å². The first kappa shape index (κ1) is 20.4. The lowest BCUT2D eigenvalue weighted by atomic mass is 10.1. The second-order valence-electron chi connectivity index (χ2n) is 8.07. The van der Waals surface area contributed by atoms with E-state index >= 15 is 0 Å². The van der Waals surface area contributed by atoms with Gasteiger partial charge in [0.05, 0.1) is 24.2 Å². The Kier molecular flexibility index (Phi) is 4.82. The zero-order valence-corrected chi connectivity index (χ0v) is 18.7. The molecule has 0 aliphatic carbocycles. The monoisotopic (exact) mass is 451 g/mol. The number of nitrogens with zero attached hydrogens (tertiary/aromatic N) is 4. The lowest BCUT2D eigenvalue weighted by molar-refractivity contribution is 0.0591. The molecule has 1 atom stereocenters. The number of ether oxygens (including phenoxy) is 1. The molecule has 0 saturated heterocycles. The van der Waals surface area contributed by atoms with Crippen LogP contribution in [0.5, 0.6) is 5.75 Å². The zero-order valence-electron chi connectivity index (χ0n) is 17.9. The number of fused-ring (bicyclic) bond motifs is 2. The average molecular weight is 452 g/mol. The highest BCUT2D eigenvalue weighted by Crippen LogP contribution is 2.32. The third-order valence-electron chi connectivity index (χ3n) is 5.98. The maximum Gasteiger partial charge on any atom is 0.275 e. The van der Waals surface area contributed by atoms with E-state index in [1.807, 2.05) is 32.2 Å². The van der Waals surface area contributed by atoms with Gasteiger partial charge in [-0.3, -0.25) is 9.59 Å². The molecule has 5 rings (SSSR count). The number of carbonyl (C=O) groups excluding carboxylic acids is 1. The third kappa shape index (κ3) is 3.18. The summed E-state index contributed by atoms with van der Waals surface area (Å²) in [6.45, 7) is 4.64. The molecule has 1 amide bonds. The second kappa shape index (κ2) is 7.56. The van der Waals surface area contributed by atoms with E-state index in [0.29, 0.717) is 35.2 Å². The number of carbonyl (C=O) groups is 1. The topological polar surface area (TPSA) is 85.2 Å². The minimum Gasteiger partial charge on any atom is -0.495 e. The first-order chi connectivity index (χ1) is 15.4. The molecule has 9 heteroatoms. The largest absolute Gasteiger partial charge is 0.495 e. The fraction of sp³-hybridized carbons (Fsp3) is 0.261. The number of imidazole rings is 1. The van der Waals surface area contributed by atoms with Crippen LogP contribution < -0.4 is 10.3 Å². The van der Waals surface area contributed by atoms with Crippen LogP contribution in [0.1, 0.15) is 28.7 Å². The van der Waals surface area contributed by atoms with Crippen LogP contribution in [0.3, 0.4) is 0 Å². The lowest BCUT2D eigenvalue weighted by Crippen LogP contribution is -2.49. The predicted molar refractivity (Wildman–Crippen MR) is 122 cm³/mol. The summed E-state index contributed by atoms with van der Waals surface area (Å²) in [6.07, 6.45) is 5.28. The van der Waals surface area contributed by atoms with E-state index in [1.165, 1.54) is 0 Å². The van der Waals surface area contributed by atoms with Crippen LogP contribution in [0.4, 0.5) is 0 Å². The van der Waals surface area contributed by atoms with Gasteiger partial charge in [-0.2, -0.15) is 0 Å². The summed E-state index contributed by atoms with van der Waals surface area (Å²) >= 11 is 6.23. The third-order valence-corrected chi connectivity index (χ3v) is 6.28. The summed E-state index contributed by atoms with van der Waals surface area (Å²) in [5.41, 5.74) is 3.31.